The third kappa shape index (κ3) is 7.19. The lowest BCUT2D eigenvalue weighted by molar-refractivity contribution is -0.139. The van der Waals surface area contributed by atoms with Crippen LogP contribution in [0.15, 0.2) is 54.6 Å². The molecule has 0 aliphatic carbocycles. The fourth-order valence-electron chi connectivity index (χ4n) is 5.23. The number of nitrogens with zero attached hydrogens (tertiary/aromatic N) is 3. The average Bonchev–Trinajstić information content (AvgIpc) is 3.53. The molecule has 0 radical (unpaired) electrons. The normalized spacial score (nSPS) is 17.0. The summed E-state index contributed by atoms with van der Waals surface area (Å²) in [6, 6.07) is 15.1. The second kappa shape index (κ2) is 12.5. The minimum atomic E-state index is -4.38. The molecule has 3 amide bonds. The first kappa shape index (κ1) is 29.1. The highest BCUT2D eigenvalue weighted by Crippen LogP contribution is 2.32. The third-order valence-electron chi connectivity index (χ3n) is 7.22. The molecule has 1 aliphatic rings. The Kier molecular flexibility index (Phi) is 9.11. The summed E-state index contributed by atoms with van der Waals surface area (Å²) < 4.78 is 39.6. The highest BCUT2D eigenvalue weighted by Gasteiger charge is 2.34. The van der Waals surface area contributed by atoms with Gasteiger partial charge in [-0.25, -0.2) is 4.98 Å². The van der Waals surface area contributed by atoms with Gasteiger partial charge in [-0.1, -0.05) is 42.5 Å². The molecule has 11 heteroatoms. The first-order valence-electron chi connectivity index (χ1n) is 13.5. The molecule has 2 aromatic carbocycles. The van der Waals surface area contributed by atoms with Crippen molar-refractivity contribution in [2.45, 2.75) is 69.8 Å². The Morgan fingerprint density at radius 3 is 2.45 bits per heavy atom. The number of halogens is 3. The number of benzene rings is 2. The number of hydrogen-bond donors (Lipinski definition) is 2. The van der Waals surface area contributed by atoms with E-state index in [1.807, 2.05) is 66.2 Å². The van der Waals surface area contributed by atoms with Crippen LogP contribution in [0.25, 0.3) is 11.0 Å². The quantitative estimate of drug-likeness (QED) is 0.377. The lowest BCUT2D eigenvalue weighted by Crippen LogP contribution is -2.50. The predicted octanol–water partition coefficient (Wildman–Crippen LogP) is 4.72. The van der Waals surface area contributed by atoms with Gasteiger partial charge in [-0.15, -0.1) is 0 Å². The molecular formula is C29H34F3N5O3. The summed E-state index contributed by atoms with van der Waals surface area (Å²) in [6.45, 7) is 2.26. The molecule has 40 heavy (non-hydrogen) atoms. The number of para-hydroxylation sites is 2. The highest BCUT2D eigenvalue weighted by molar-refractivity contribution is 5.92. The van der Waals surface area contributed by atoms with E-state index in [1.165, 1.54) is 0 Å². The standard InChI is InChI=1S/C29H34F3N5O3/c1-19(27-35-21-12-6-7-13-24(21)36(27)2)33-28(40)22(34-25(38)15-8-16-29(30,31)32)18-26(39)37-17-9-14-23(37)20-10-4-3-5-11-20/h3-7,10-13,19,22-23H,8-9,14-18H2,1-2H3,(H,33,40)(H,34,38)/t19?,22?,23-/m1/s1. The zero-order valence-electron chi connectivity index (χ0n) is 22.6. The zero-order valence-corrected chi connectivity index (χ0v) is 22.6. The summed E-state index contributed by atoms with van der Waals surface area (Å²) in [5.74, 6) is -1.04. The monoisotopic (exact) mass is 557 g/mol. The number of amides is 3. The van der Waals surface area contributed by atoms with Gasteiger partial charge >= 0.3 is 6.18 Å². The minimum absolute atomic E-state index is 0.140. The number of carbonyl (C=O) groups is 3. The van der Waals surface area contributed by atoms with Gasteiger partial charge in [0.05, 0.1) is 29.5 Å². The Balaban J connectivity index is 1.48. The van der Waals surface area contributed by atoms with Crippen molar-refractivity contribution in [1.82, 2.24) is 25.1 Å². The van der Waals surface area contributed by atoms with Gasteiger partial charge in [0.25, 0.3) is 0 Å². The van der Waals surface area contributed by atoms with E-state index in [-0.39, 0.29) is 18.4 Å². The molecule has 3 atom stereocenters. The van der Waals surface area contributed by atoms with Gasteiger partial charge in [0.1, 0.15) is 11.9 Å². The largest absolute Gasteiger partial charge is 0.389 e. The maximum atomic E-state index is 13.4. The van der Waals surface area contributed by atoms with Crippen LogP contribution < -0.4 is 10.6 Å². The predicted molar refractivity (Wildman–Crippen MR) is 144 cm³/mol. The topological polar surface area (TPSA) is 96.3 Å². The zero-order chi connectivity index (χ0) is 28.9. The fourth-order valence-corrected chi connectivity index (χ4v) is 5.23. The van der Waals surface area contributed by atoms with Crippen molar-refractivity contribution in [3.63, 3.8) is 0 Å². The first-order chi connectivity index (χ1) is 19.0. The number of likely N-dealkylation sites (tertiary alicyclic amines) is 1. The van der Waals surface area contributed by atoms with Crippen LogP contribution in [0.4, 0.5) is 13.2 Å². The summed E-state index contributed by atoms with van der Waals surface area (Å²) in [7, 11) is 1.83. The molecule has 1 fully saturated rings. The van der Waals surface area contributed by atoms with Crippen LogP contribution in [0.2, 0.25) is 0 Å². The molecule has 2 heterocycles. The van der Waals surface area contributed by atoms with Crippen LogP contribution in [0.5, 0.6) is 0 Å². The Morgan fingerprint density at radius 2 is 1.75 bits per heavy atom. The molecule has 0 saturated carbocycles. The number of alkyl halides is 3. The van der Waals surface area contributed by atoms with E-state index in [1.54, 1.807) is 11.8 Å². The van der Waals surface area contributed by atoms with Crippen LogP contribution in [0, 0.1) is 0 Å². The summed E-state index contributed by atoms with van der Waals surface area (Å²) in [5.41, 5.74) is 2.62. The molecule has 1 saturated heterocycles. The summed E-state index contributed by atoms with van der Waals surface area (Å²) in [5, 5.41) is 5.35. The maximum absolute atomic E-state index is 13.4. The van der Waals surface area contributed by atoms with Crippen molar-refractivity contribution in [3.05, 3.63) is 66.0 Å². The molecule has 1 aliphatic heterocycles. The number of fused-ring (bicyclic) bond motifs is 1. The smallest absolute Gasteiger partial charge is 0.345 e. The second-order valence-corrected chi connectivity index (χ2v) is 10.2. The number of imidazole rings is 1. The van der Waals surface area contributed by atoms with Crippen molar-refractivity contribution in [2.75, 3.05) is 6.54 Å². The van der Waals surface area contributed by atoms with Crippen LogP contribution in [-0.4, -0.2) is 50.9 Å². The lowest BCUT2D eigenvalue weighted by atomic mass is 10.0. The Bertz CT molecular complexity index is 1340. The van der Waals surface area contributed by atoms with Gasteiger partial charge in [0.15, 0.2) is 0 Å². The van der Waals surface area contributed by atoms with Gasteiger partial charge in [0.2, 0.25) is 17.7 Å². The van der Waals surface area contributed by atoms with Gasteiger partial charge in [-0.2, -0.15) is 13.2 Å². The molecule has 0 bridgehead atoms. The summed E-state index contributed by atoms with van der Waals surface area (Å²) >= 11 is 0. The van der Waals surface area contributed by atoms with E-state index in [4.69, 9.17) is 0 Å². The summed E-state index contributed by atoms with van der Waals surface area (Å²) in [6.07, 6.45) is -5.03. The average molecular weight is 558 g/mol. The third-order valence-corrected chi connectivity index (χ3v) is 7.22. The van der Waals surface area contributed by atoms with Crippen molar-refractivity contribution in [2.24, 2.45) is 7.05 Å². The molecule has 4 rings (SSSR count). The van der Waals surface area contributed by atoms with E-state index in [9.17, 15) is 27.6 Å². The Labute approximate surface area is 230 Å². The van der Waals surface area contributed by atoms with Crippen molar-refractivity contribution in [3.8, 4) is 0 Å². The molecule has 0 spiro atoms. The van der Waals surface area contributed by atoms with Crippen molar-refractivity contribution in [1.29, 1.82) is 0 Å². The van der Waals surface area contributed by atoms with Crippen molar-refractivity contribution >= 4 is 28.8 Å². The first-order valence-corrected chi connectivity index (χ1v) is 13.5. The number of hydrogen-bond acceptors (Lipinski definition) is 4. The van der Waals surface area contributed by atoms with Gasteiger partial charge < -0.3 is 20.1 Å². The number of aryl methyl sites for hydroxylation is 1. The molecule has 2 N–H and O–H groups in total. The lowest BCUT2D eigenvalue weighted by Gasteiger charge is -2.28. The minimum Gasteiger partial charge on any atom is -0.345 e. The highest BCUT2D eigenvalue weighted by atomic mass is 19.4. The van der Waals surface area contributed by atoms with Crippen LogP contribution in [-0.2, 0) is 21.4 Å². The van der Waals surface area contributed by atoms with Crippen LogP contribution >= 0.6 is 0 Å². The Morgan fingerprint density at radius 1 is 1.05 bits per heavy atom. The van der Waals surface area contributed by atoms with Crippen molar-refractivity contribution < 1.29 is 27.6 Å². The number of carbonyl (C=O) groups excluding carboxylic acids is 3. The molecular weight excluding hydrogens is 523 g/mol. The number of rotatable bonds is 10. The van der Waals surface area contributed by atoms with Crippen LogP contribution in [0.1, 0.15) is 68.9 Å². The maximum Gasteiger partial charge on any atom is 0.389 e. The van der Waals surface area contributed by atoms with Gasteiger partial charge in [-0.3, -0.25) is 14.4 Å². The van der Waals surface area contributed by atoms with E-state index >= 15 is 0 Å². The fraction of sp³-hybridized carbons (Fsp3) is 0.448. The van der Waals surface area contributed by atoms with Gasteiger partial charge in [-0.05, 0) is 43.9 Å². The number of aromatic nitrogens is 2. The van der Waals surface area contributed by atoms with E-state index < -0.39 is 49.3 Å². The molecule has 1 aromatic heterocycles. The van der Waals surface area contributed by atoms with E-state index in [0.29, 0.717) is 12.4 Å². The molecule has 8 nitrogen and oxygen atoms in total. The molecule has 214 valence electrons. The van der Waals surface area contributed by atoms with E-state index in [0.717, 1.165) is 29.4 Å². The SMILES string of the molecule is CC(NC(=O)C(CC(=O)N1CCC[C@@H]1c1ccccc1)NC(=O)CCCC(F)(F)F)c1nc2ccccc2n1C. The molecule has 3 aromatic rings. The molecule has 2 unspecified atom stereocenters. The van der Waals surface area contributed by atoms with Crippen LogP contribution in [0.3, 0.4) is 0 Å². The number of nitrogens with one attached hydrogen (secondary N) is 2. The second-order valence-electron chi connectivity index (χ2n) is 10.2. The van der Waals surface area contributed by atoms with E-state index in [2.05, 4.69) is 15.6 Å². The summed E-state index contributed by atoms with van der Waals surface area (Å²) in [4.78, 5) is 45.7. The van der Waals surface area contributed by atoms with Gasteiger partial charge in [0, 0.05) is 26.4 Å². The Hall–Kier alpha value is -3.89.